The first-order chi connectivity index (χ1) is 15.0. The van der Waals surface area contributed by atoms with E-state index in [1.807, 2.05) is 19.1 Å². The van der Waals surface area contributed by atoms with Gasteiger partial charge in [-0.15, -0.1) is 0 Å². The van der Waals surface area contributed by atoms with Gasteiger partial charge in [-0.05, 0) is 37.1 Å². The van der Waals surface area contributed by atoms with E-state index in [0.717, 1.165) is 5.56 Å². The summed E-state index contributed by atoms with van der Waals surface area (Å²) in [6.45, 7) is 2.36. The monoisotopic (exact) mass is 424 g/mol. The van der Waals surface area contributed by atoms with Crippen molar-refractivity contribution in [3.05, 3.63) is 65.7 Å². The molecule has 31 heavy (non-hydrogen) atoms. The van der Waals surface area contributed by atoms with Gasteiger partial charge in [0, 0.05) is 30.2 Å². The third-order valence-electron chi connectivity index (χ3n) is 5.49. The second-order valence-corrected chi connectivity index (χ2v) is 7.71. The molecule has 0 spiro atoms. The molecule has 3 aliphatic rings. The topological polar surface area (TPSA) is 116 Å². The Morgan fingerprint density at radius 3 is 3.10 bits per heavy atom. The van der Waals surface area contributed by atoms with E-state index in [2.05, 4.69) is 26.1 Å². The summed E-state index contributed by atoms with van der Waals surface area (Å²) < 4.78 is 19.0. The third kappa shape index (κ3) is 3.71. The Balaban J connectivity index is 1.34. The van der Waals surface area contributed by atoms with Crippen LogP contribution in [-0.2, 0) is 4.79 Å². The number of rotatable bonds is 4. The minimum atomic E-state index is -0.431. The number of hydrogen-bond acceptors (Lipinski definition) is 8. The number of β-amino-alcohol motifs (C(OH)–C–C–N with tert-alkyl or cyclic N) is 1. The summed E-state index contributed by atoms with van der Waals surface area (Å²) in [6.07, 6.45) is 5.65. The molecule has 0 bridgehead atoms. The average Bonchev–Trinajstić information content (AvgIpc) is 3.48. The SMILES string of the molecule is Cc1ccc(-c2noc(C3C[C@@H](O)CN3)n2)cc1NC(=O)C1=CNC2C=CC(F)=CN12. The zero-order chi connectivity index (χ0) is 21.5. The fourth-order valence-corrected chi connectivity index (χ4v) is 3.79. The van der Waals surface area contributed by atoms with Gasteiger partial charge in [0.25, 0.3) is 5.91 Å². The zero-order valence-electron chi connectivity index (χ0n) is 16.7. The van der Waals surface area contributed by atoms with Crippen LogP contribution < -0.4 is 16.0 Å². The number of aliphatic hydroxyl groups excluding tert-OH is 1. The van der Waals surface area contributed by atoms with Crippen LogP contribution in [0.3, 0.4) is 0 Å². The summed E-state index contributed by atoms with van der Waals surface area (Å²) in [7, 11) is 0. The first-order valence-electron chi connectivity index (χ1n) is 9.95. The molecule has 4 N–H and O–H groups in total. The normalized spacial score (nSPS) is 24.5. The minimum Gasteiger partial charge on any atom is -0.392 e. The Bertz CT molecular complexity index is 1120. The number of allylic oxidation sites excluding steroid dienone is 2. The highest BCUT2D eigenvalue weighted by Gasteiger charge is 2.30. The van der Waals surface area contributed by atoms with E-state index < -0.39 is 11.9 Å². The summed E-state index contributed by atoms with van der Waals surface area (Å²) in [5.74, 6) is 0.0149. The molecule has 1 amide bonds. The third-order valence-corrected chi connectivity index (χ3v) is 5.49. The van der Waals surface area contributed by atoms with Crippen molar-refractivity contribution in [2.24, 2.45) is 0 Å². The highest BCUT2D eigenvalue weighted by atomic mass is 19.1. The number of benzene rings is 1. The van der Waals surface area contributed by atoms with Crippen LogP contribution in [0.5, 0.6) is 0 Å². The van der Waals surface area contributed by atoms with E-state index in [-0.39, 0.29) is 18.1 Å². The van der Waals surface area contributed by atoms with Crippen LogP contribution >= 0.6 is 0 Å². The van der Waals surface area contributed by atoms with Crippen molar-refractivity contribution in [3.63, 3.8) is 0 Å². The highest BCUT2D eigenvalue weighted by Crippen LogP contribution is 2.28. The van der Waals surface area contributed by atoms with Crippen LogP contribution in [0, 0.1) is 6.92 Å². The average molecular weight is 424 g/mol. The molecule has 0 saturated carbocycles. The number of carbonyl (C=O) groups excluding carboxylic acids is 1. The lowest BCUT2D eigenvalue weighted by atomic mass is 10.1. The Labute approximate surface area is 177 Å². The van der Waals surface area contributed by atoms with Crippen molar-refractivity contribution < 1.29 is 18.8 Å². The minimum absolute atomic E-state index is 0.178. The van der Waals surface area contributed by atoms with Crippen LogP contribution in [0.15, 0.2) is 58.8 Å². The number of halogens is 1. The number of anilines is 1. The molecule has 0 radical (unpaired) electrons. The lowest BCUT2D eigenvalue weighted by Gasteiger charge is -2.25. The summed E-state index contributed by atoms with van der Waals surface area (Å²) in [4.78, 5) is 18.8. The number of hydrogen-bond donors (Lipinski definition) is 4. The van der Waals surface area contributed by atoms with E-state index in [1.165, 1.54) is 12.3 Å². The maximum Gasteiger partial charge on any atom is 0.273 e. The quantitative estimate of drug-likeness (QED) is 0.588. The van der Waals surface area contributed by atoms with Gasteiger partial charge in [0.05, 0.1) is 12.1 Å². The molecule has 5 rings (SSSR count). The summed E-state index contributed by atoms with van der Waals surface area (Å²) in [5.41, 5.74) is 2.43. The molecule has 9 nitrogen and oxygen atoms in total. The largest absolute Gasteiger partial charge is 0.392 e. The Morgan fingerprint density at radius 2 is 2.29 bits per heavy atom. The van der Waals surface area contributed by atoms with Gasteiger partial charge >= 0.3 is 0 Å². The van der Waals surface area contributed by atoms with Crippen LogP contribution in [0.4, 0.5) is 10.1 Å². The van der Waals surface area contributed by atoms with Gasteiger partial charge in [0.15, 0.2) is 0 Å². The molecule has 4 heterocycles. The molecule has 2 unspecified atom stereocenters. The predicted octanol–water partition coefficient (Wildman–Crippen LogP) is 1.83. The Hall–Kier alpha value is -3.50. The zero-order valence-corrected chi connectivity index (χ0v) is 16.7. The molecular formula is C21H21FN6O3. The number of carbonyl (C=O) groups is 1. The van der Waals surface area contributed by atoms with Gasteiger partial charge in [-0.1, -0.05) is 17.3 Å². The highest BCUT2D eigenvalue weighted by molar-refractivity contribution is 6.04. The van der Waals surface area contributed by atoms with Gasteiger partial charge in [-0.2, -0.15) is 4.98 Å². The van der Waals surface area contributed by atoms with Crippen molar-refractivity contribution in [1.29, 1.82) is 0 Å². The molecule has 10 heteroatoms. The fourth-order valence-electron chi connectivity index (χ4n) is 3.79. The van der Waals surface area contributed by atoms with Crippen molar-refractivity contribution in [1.82, 2.24) is 25.7 Å². The number of aliphatic hydroxyl groups is 1. The Morgan fingerprint density at radius 1 is 1.42 bits per heavy atom. The molecule has 3 aliphatic heterocycles. The molecule has 1 aromatic heterocycles. The maximum absolute atomic E-state index is 13.6. The number of aryl methyl sites for hydroxylation is 1. The van der Waals surface area contributed by atoms with Crippen LogP contribution in [0.2, 0.25) is 0 Å². The number of nitrogens with zero attached hydrogens (tertiary/aromatic N) is 3. The van der Waals surface area contributed by atoms with E-state index in [1.54, 1.807) is 23.2 Å². The van der Waals surface area contributed by atoms with Crippen LogP contribution in [0.1, 0.15) is 23.9 Å². The van der Waals surface area contributed by atoms with Crippen molar-refractivity contribution in [2.45, 2.75) is 31.7 Å². The number of aromatic nitrogens is 2. The number of fused-ring (bicyclic) bond motifs is 1. The maximum atomic E-state index is 13.6. The first kappa shape index (κ1) is 19.5. The predicted molar refractivity (Wildman–Crippen MR) is 110 cm³/mol. The van der Waals surface area contributed by atoms with Crippen LogP contribution in [-0.4, -0.2) is 44.9 Å². The Kier molecular flexibility index (Phi) is 4.79. The fraction of sp³-hybridized carbons (Fsp3) is 0.286. The van der Waals surface area contributed by atoms with Gasteiger partial charge in [0.1, 0.15) is 17.7 Å². The summed E-state index contributed by atoms with van der Waals surface area (Å²) in [6, 6.07) is 5.29. The van der Waals surface area contributed by atoms with E-state index in [9.17, 15) is 14.3 Å². The second-order valence-electron chi connectivity index (χ2n) is 7.71. The van der Waals surface area contributed by atoms with Crippen molar-refractivity contribution in [2.75, 3.05) is 11.9 Å². The smallest absolute Gasteiger partial charge is 0.273 e. The standard InChI is InChI=1S/C21H21FN6O3/c1-11-2-3-12(19-26-21(31-27-19)16-7-14(29)8-23-16)6-15(11)25-20(30)17-9-24-18-5-4-13(22)10-28(17)18/h2-6,9-10,14,16,18,23-24,29H,7-8H2,1H3,(H,25,30)/t14-,16?,18?/m1/s1. The van der Waals surface area contributed by atoms with Crippen molar-refractivity contribution in [3.8, 4) is 11.4 Å². The molecule has 1 fully saturated rings. The van der Waals surface area contributed by atoms with Gasteiger partial charge in [0.2, 0.25) is 11.7 Å². The molecule has 0 aliphatic carbocycles. The lowest BCUT2D eigenvalue weighted by Crippen LogP contribution is -2.35. The molecule has 1 aromatic carbocycles. The lowest BCUT2D eigenvalue weighted by molar-refractivity contribution is -0.114. The molecular weight excluding hydrogens is 403 g/mol. The molecule has 3 atom stereocenters. The number of amides is 1. The number of nitrogens with one attached hydrogen (secondary N) is 3. The van der Waals surface area contributed by atoms with Gasteiger partial charge in [-0.3, -0.25) is 4.79 Å². The summed E-state index contributed by atoms with van der Waals surface area (Å²) in [5, 5.41) is 22.8. The summed E-state index contributed by atoms with van der Waals surface area (Å²) >= 11 is 0. The van der Waals surface area contributed by atoms with Crippen LogP contribution in [0.25, 0.3) is 11.4 Å². The van der Waals surface area contributed by atoms with Gasteiger partial charge in [-0.25, -0.2) is 4.39 Å². The van der Waals surface area contributed by atoms with Crippen molar-refractivity contribution >= 4 is 11.6 Å². The van der Waals surface area contributed by atoms with E-state index >= 15 is 0 Å². The molecule has 160 valence electrons. The van der Waals surface area contributed by atoms with Gasteiger partial charge < -0.3 is 30.5 Å². The van der Waals surface area contributed by atoms with E-state index in [4.69, 9.17) is 4.52 Å². The molecule has 2 aromatic rings. The second kappa shape index (κ2) is 7.64. The molecule has 1 saturated heterocycles. The first-order valence-corrected chi connectivity index (χ1v) is 9.95. The van der Waals surface area contributed by atoms with E-state index in [0.29, 0.717) is 41.6 Å².